The molecular formula is C15H19FN6O. The number of rotatable bonds is 7. The van der Waals surface area contributed by atoms with E-state index < -0.39 is 0 Å². The highest BCUT2D eigenvalue weighted by molar-refractivity contribution is 5.74. The molecule has 2 N–H and O–H groups in total. The Morgan fingerprint density at radius 3 is 3.00 bits per heavy atom. The summed E-state index contributed by atoms with van der Waals surface area (Å²) in [6.07, 6.45) is 1.59. The highest BCUT2D eigenvalue weighted by Gasteiger charge is 2.07. The van der Waals surface area contributed by atoms with Crippen molar-refractivity contribution in [1.29, 1.82) is 0 Å². The smallest absolute Gasteiger partial charge is 0.315 e. The number of anilines is 1. The van der Waals surface area contributed by atoms with Crippen molar-refractivity contribution in [3.05, 3.63) is 35.7 Å². The fourth-order valence-corrected chi connectivity index (χ4v) is 2.26. The molecule has 3 aromatic rings. The van der Waals surface area contributed by atoms with Crippen LogP contribution in [0.5, 0.6) is 0 Å². The maximum Gasteiger partial charge on any atom is 0.315 e. The Kier molecular flexibility index (Phi) is 4.52. The van der Waals surface area contributed by atoms with Gasteiger partial charge in [-0.15, -0.1) is 5.10 Å². The van der Waals surface area contributed by atoms with Crippen LogP contribution in [0.3, 0.4) is 0 Å². The molecule has 0 aliphatic rings. The molecule has 0 aliphatic carbocycles. The van der Waals surface area contributed by atoms with Crippen molar-refractivity contribution in [3.63, 3.8) is 0 Å². The summed E-state index contributed by atoms with van der Waals surface area (Å²) in [5, 5.41) is 11.0. The van der Waals surface area contributed by atoms with Crippen LogP contribution in [0.15, 0.2) is 22.6 Å². The number of H-pyrrole nitrogens is 1. The van der Waals surface area contributed by atoms with E-state index in [1.165, 1.54) is 12.1 Å². The Morgan fingerprint density at radius 2 is 2.17 bits per heavy atom. The number of nitrogens with zero attached hydrogens (tertiary/aromatic N) is 4. The van der Waals surface area contributed by atoms with E-state index in [4.69, 9.17) is 4.42 Å². The van der Waals surface area contributed by atoms with E-state index >= 15 is 0 Å². The highest BCUT2D eigenvalue weighted by Crippen LogP contribution is 2.14. The lowest BCUT2D eigenvalue weighted by Gasteiger charge is -2.03. The molecule has 0 aliphatic heterocycles. The number of nitrogens with one attached hydrogen (secondary N) is 2. The average Bonchev–Trinajstić information content (AvgIpc) is 3.09. The zero-order valence-corrected chi connectivity index (χ0v) is 13.1. The van der Waals surface area contributed by atoms with Gasteiger partial charge >= 0.3 is 6.01 Å². The average molecular weight is 318 g/mol. The molecule has 0 atom stereocenters. The number of hydrogen-bond acceptors (Lipinski definition) is 6. The summed E-state index contributed by atoms with van der Waals surface area (Å²) >= 11 is 0. The molecule has 0 radical (unpaired) electrons. The first-order chi connectivity index (χ1) is 11.1. The predicted octanol–water partition coefficient (Wildman–Crippen LogP) is 2.19. The van der Waals surface area contributed by atoms with Crippen molar-refractivity contribution < 1.29 is 8.81 Å². The van der Waals surface area contributed by atoms with Gasteiger partial charge in [0.1, 0.15) is 11.6 Å². The lowest BCUT2D eigenvalue weighted by molar-refractivity contribution is 0.344. The van der Waals surface area contributed by atoms with Crippen LogP contribution in [0, 0.1) is 5.82 Å². The van der Waals surface area contributed by atoms with Crippen LogP contribution >= 0.6 is 0 Å². The zero-order valence-electron chi connectivity index (χ0n) is 13.1. The number of imidazole rings is 1. The van der Waals surface area contributed by atoms with E-state index in [1.54, 1.807) is 6.07 Å². The van der Waals surface area contributed by atoms with Crippen LogP contribution in [-0.4, -0.2) is 45.7 Å². The minimum atomic E-state index is -0.265. The molecule has 0 fully saturated rings. The standard InChI is InChI=1S/C15H19FN6O/c1-22(2)9-14-20-21-15(23-14)17-7-3-4-13-18-11-6-5-10(16)8-12(11)19-13/h5-6,8H,3-4,7,9H2,1-2H3,(H,17,21)(H,18,19). The summed E-state index contributed by atoms with van der Waals surface area (Å²) < 4.78 is 18.6. The lowest BCUT2D eigenvalue weighted by Crippen LogP contribution is -2.10. The maximum atomic E-state index is 13.1. The molecule has 2 heterocycles. The first kappa shape index (κ1) is 15.4. The highest BCUT2D eigenvalue weighted by atomic mass is 19.1. The molecule has 7 nitrogen and oxygen atoms in total. The molecular weight excluding hydrogens is 299 g/mol. The topological polar surface area (TPSA) is 82.9 Å². The first-order valence-corrected chi connectivity index (χ1v) is 7.45. The van der Waals surface area contributed by atoms with Gasteiger partial charge < -0.3 is 19.6 Å². The molecule has 122 valence electrons. The van der Waals surface area contributed by atoms with Crippen molar-refractivity contribution in [2.24, 2.45) is 0 Å². The quantitative estimate of drug-likeness (QED) is 0.650. The molecule has 3 rings (SSSR count). The molecule has 0 unspecified atom stereocenters. The Hall–Kier alpha value is -2.48. The Bertz CT molecular complexity index is 781. The molecule has 0 amide bonds. The number of aromatic amines is 1. The van der Waals surface area contributed by atoms with Gasteiger partial charge in [-0.25, -0.2) is 9.37 Å². The van der Waals surface area contributed by atoms with Crippen molar-refractivity contribution in [3.8, 4) is 0 Å². The summed E-state index contributed by atoms with van der Waals surface area (Å²) in [5.41, 5.74) is 1.50. The second-order valence-electron chi connectivity index (χ2n) is 5.61. The molecule has 2 aromatic heterocycles. The third-order valence-electron chi connectivity index (χ3n) is 3.28. The third-order valence-corrected chi connectivity index (χ3v) is 3.28. The molecule has 0 spiro atoms. The number of hydrogen-bond donors (Lipinski definition) is 2. The largest absolute Gasteiger partial charge is 0.407 e. The van der Waals surface area contributed by atoms with Gasteiger partial charge in [-0.1, -0.05) is 5.10 Å². The second kappa shape index (κ2) is 6.74. The first-order valence-electron chi connectivity index (χ1n) is 7.45. The van der Waals surface area contributed by atoms with Crippen LogP contribution in [0.2, 0.25) is 0 Å². The summed E-state index contributed by atoms with van der Waals surface area (Å²) in [6.45, 7) is 1.30. The molecule has 23 heavy (non-hydrogen) atoms. The van der Waals surface area contributed by atoms with E-state index in [0.29, 0.717) is 25.0 Å². The summed E-state index contributed by atoms with van der Waals surface area (Å²) in [7, 11) is 3.88. The van der Waals surface area contributed by atoms with Crippen molar-refractivity contribution in [1.82, 2.24) is 25.1 Å². The molecule has 0 saturated carbocycles. The van der Waals surface area contributed by atoms with Gasteiger partial charge in [-0.05, 0) is 38.7 Å². The zero-order chi connectivity index (χ0) is 16.2. The monoisotopic (exact) mass is 318 g/mol. The predicted molar refractivity (Wildman–Crippen MR) is 84.6 cm³/mol. The summed E-state index contributed by atoms with van der Waals surface area (Å²) in [6, 6.07) is 4.96. The SMILES string of the molecule is CN(C)Cc1nnc(NCCCc2nc3ccc(F)cc3[nH]2)o1. The summed E-state index contributed by atoms with van der Waals surface area (Å²) in [4.78, 5) is 9.51. The van der Waals surface area contributed by atoms with E-state index in [-0.39, 0.29) is 5.82 Å². The van der Waals surface area contributed by atoms with Crippen molar-refractivity contribution >= 4 is 17.0 Å². The maximum absolute atomic E-state index is 13.1. The molecule has 0 bridgehead atoms. The van der Waals surface area contributed by atoms with Gasteiger partial charge in [-0.3, -0.25) is 0 Å². The minimum absolute atomic E-state index is 0.265. The number of aryl methyl sites for hydroxylation is 1. The lowest BCUT2D eigenvalue weighted by atomic mass is 10.3. The number of halogens is 1. The normalized spacial score (nSPS) is 11.5. The van der Waals surface area contributed by atoms with Crippen LogP contribution in [0.1, 0.15) is 18.1 Å². The van der Waals surface area contributed by atoms with Crippen LogP contribution < -0.4 is 5.32 Å². The number of fused-ring (bicyclic) bond motifs is 1. The Balaban J connectivity index is 1.48. The fraction of sp³-hybridized carbons (Fsp3) is 0.400. The van der Waals surface area contributed by atoms with Crippen LogP contribution in [0.4, 0.5) is 10.4 Å². The third kappa shape index (κ3) is 4.04. The Labute approximate surface area is 132 Å². The summed E-state index contributed by atoms with van der Waals surface area (Å²) in [5.74, 6) is 1.15. The van der Waals surface area contributed by atoms with Gasteiger partial charge in [-0.2, -0.15) is 0 Å². The van der Waals surface area contributed by atoms with Crippen molar-refractivity contribution in [2.45, 2.75) is 19.4 Å². The van der Waals surface area contributed by atoms with Crippen LogP contribution in [0.25, 0.3) is 11.0 Å². The van der Waals surface area contributed by atoms with E-state index in [9.17, 15) is 4.39 Å². The Morgan fingerprint density at radius 1 is 1.30 bits per heavy atom. The van der Waals surface area contributed by atoms with Gasteiger partial charge in [0.05, 0.1) is 17.6 Å². The van der Waals surface area contributed by atoms with Gasteiger partial charge in [0.25, 0.3) is 0 Å². The molecule has 8 heteroatoms. The number of aromatic nitrogens is 4. The van der Waals surface area contributed by atoms with E-state index in [0.717, 1.165) is 29.7 Å². The molecule has 1 aromatic carbocycles. The van der Waals surface area contributed by atoms with Crippen molar-refractivity contribution in [2.75, 3.05) is 26.0 Å². The fourth-order valence-electron chi connectivity index (χ4n) is 2.26. The second-order valence-corrected chi connectivity index (χ2v) is 5.61. The van der Waals surface area contributed by atoms with E-state index in [1.807, 2.05) is 19.0 Å². The van der Waals surface area contributed by atoms with E-state index in [2.05, 4.69) is 25.5 Å². The van der Waals surface area contributed by atoms with Gasteiger partial charge in [0, 0.05) is 13.0 Å². The van der Waals surface area contributed by atoms with Crippen LogP contribution in [-0.2, 0) is 13.0 Å². The minimum Gasteiger partial charge on any atom is -0.407 e. The van der Waals surface area contributed by atoms with Gasteiger partial charge in [0.15, 0.2) is 0 Å². The number of benzene rings is 1. The molecule has 0 saturated heterocycles. The van der Waals surface area contributed by atoms with Gasteiger partial charge in [0.2, 0.25) is 5.89 Å².